The number of carbonyl (C=O) groups excluding carboxylic acids is 1. The zero-order chi connectivity index (χ0) is 17.3. The highest BCUT2D eigenvalue weighted by molar-refractivity contribution is 5.79. The van der Waals surface area contributed by atoms with Gasteiger partial charge in [-0.1, -0.05) is 44.2 Å². The molecule has 0 radical (unpaired) electrons. The van der Waals surface area contributed by atoms with Gasteiger partial charge in [0, 0.05) is 19.5 Å². The van der Waals surface area contributed by atoms with Crippen LogP contribution in [0.15, 0.2) is 30.3 Å². The number of benzene rings is 1. The van der Waals surface area contributed by atoms with Gasteiger partial charge in [0.15, 0.2) is 0 Å². The molecule has 0 aromatic heterocycles. The van der Waals surface area contributed by atoms with Crippen LogP contribution in [0.2, 0.25) is 0 Å². The molecule has 130 valence electrons. The molecule has 1 aliphatic heterocycles. The molecule has 24 heavy (non-hydrogen) atoms. The molecule has 3 rings (SSSR count). The Hall–Kier alpha value is -1.84. The number of likely N-dealkylation sites (tertiary alicyclic amines) is 1. The summed E-state index contributed by atoms with van der Waals surface area (Å²) in [6.07, 6.45) is 2.70. The predicted molar refractivity (Wildman–Crippen MR) is 92.6 cm³/mol. The fourth-order valence-corrected chi connectivity index (χ4v) is 4.05. The van der Waals surface area contributed by atoms with Gasteiger partial charge >= 0.3 is 5.97 Å². The quantitative estimate of drug-likeness (QED) is 0.870. The second kappa shape index (κ2) is 6.96. The number of hydrogen-bond acceptors (Lipinski definition) is 2. The van der Waals surface area contributed by atoms with Crippen LogP contribution >= 0.6 is 0 Å². The van der Waals surface area contributed by atoms with E-state index in [9.17, 15) is 14.7 Å². The third-order valence-corrected chi connectivity index (χ3v) is 5.69. The first-order valence-electron chi connectivity index (χ1n) is 9.03. The molecule has 1 N–H and O–H groups in total. The second-order valence-corrected chi connectivity index (χ2v) is 7.71. The van der Waals surface area contributed by atoms with E-state index in [0.29, 0.717) is 31.3 Å². The minimum absolute atomic E-state index is 0.104. The Morgan fingerprint density at radius 1 is 1.17 bits per heavy atom. The molecule has 2 fully saturated rings. The van der Waals surface area contributed by atoms with Gasteiger partial charge in [0.1, 0.15) is 0 Å². The van der Waals surface area contributed by atoms with Gasteiger partial charge in [-0.15, -0.1) is 0 Å². The fraction of sp³-hybridized carbons (Fsp3) is 0.600. The van der Waals surface area contributed by atoms with Gasteiger partial charge in [-0.3, -0.25) is 9.59 Å². The average Bonchev–Trinajstić information content (AvgIpc) is 3.30. The van der Waals surface area contributed by atoms with E-state index < -0.39 is 5.97 Å². The van der Waals surface area contributed by atoms with Crippen molar-refractivity contribution in [2.24, 2.45) is 23.7 Å². The lowest BCUT2D eigenvalue weighted by atomic mass is 9.85. The van der Waals surface area contributed by atoms with E-state index in [1.165, 1.54) is 5.56 Å². The third kappa shape index (κ3) is 3.63. The van der Waals surface area contributed by atoms with Crippen molar-refractivity contribution in [2.45, 2.75) is 39.0 Å². The van der Waals surface area contributed by atoms with Crippen LogP contribution in [0.3, 0.4) is 0 Å². The number of rotatable bonds is 6. The summed E-state index contributed by atoms with van der Waals surface area (Å²) >= 11 is 0. The van der Waals surface area contributed by atoms with Crippen molar-refractivity contribution in [3.8, 4) is 0 Å². The van der Waals surface area contributed by atoms with Crippen molar-refractivity contribution in [1.82, 2.24) is 4.90 Å². The molecule has 1 aromatic rings. The number of carboxylic acid groups (broad SMARTS) is 1. The Labute approximate surface area is 143 Å². The number of carbonyl (C=O) groups is 2. The Balaban J connectivity index is 1.68. The van der Waals surface area contributed by atoms with E-state index in [1.807, 2.05) is 18.2 Å². The molecule has 2 aliphatic rings. The van der Waals surface area contributed by atoms with Crippen molar-refractivity contribution < 1.29 is 14.7 Å². The van der Waals surface area contributed by atoms with Crippen LogP contribution in [0.5, 0.6) is 0 Å². The van der Waals surface area contributed by atoms with Gasteiger partial charge in [0.25, 0.3) is 0 Å². The van der Waals surface area contributed by atoms with Crippen molar-refractivity contribution in [3.63, 3.8) is 0 Å². The maximum Gasteiger partial charge on any atom is 0.308 e. The van der Waals surface area contributed by atoms with Gasteiger partial charge < -0.3 is 10.0 Å². The van der Waals surface area contributed by atoms with Crippen LogP contribution in [-0.4, -0.2) is 35.0 Å². The molecular weight excluding hydrogens is 302 g/mol. The molecule has 1 aromatic carbocycles. The van der Waals surface area contributed by atoms with E-state index in [1.54, 1.807) is 4.90 Å². The molecule has 1 saturated carbocycles. The predicted octanol–water partition coefficient (Wildman–Crippen LogP) is 3.39. The Morgan fingerprint density at radius 2 is 1.83 bits per heavy atom. The van der Waals surface area contributed by atoms with Crippen LogP contribution in [0.4, 0.5) is 0 Å². The minimum Gasteiger partial charge on any atom is -0.481 e. The second-order valence-electron chi connectivity index (χ2n) is 7.71. The van der Waals surface area contributed by atoms with Crippen molar-refractivity contribution in [1.29, 1.82) is 0 Å². The molecule has 0 spiro atoms. The summed E-state index contributed by atoms with van der Waals surface area (Å²) in [6, 6.07) is 10.2. The Kier molecular flexibility index (Phi) is 4.93. The summed E-state index contributed by atoms with van der Waals surface area (Å²) in [6.45, 7) is 5.29. The largest absolute Gasteiger partial charge is 0.481 e. The normalized spacial score (nSPS) is 25.0. The van der Waals surface area contributed by atoms with Gasteiger partial charge in [-0.05, 0) is 42.1 Å². The SMILES string of the molecule is CC(C)C(CC(=O)N1C[C@H](C(=O)O)[C@@H](C2CC2)C1)c1ccccc1. The fourth-order valence-electron chi connectivity index (χ4n) is 4.05. The van der Waals surface area contributed by atoms with E-state index in [-0.39, 0.29) is 23.7 Å². The van der Waals surface area contributed by atoms with Gasteiger partial charge in [0.2, 0.25) is 5.91 Å². The van der Waals surface area contributed by atoms with E-state index in [4.69, 9.17) is 0 Å². The lowest BCUT2D eigenvalue weighted by Crippen LogP contribution is -2.31. The van der Waals surface area contributed by atoms with Crippen molar-refractivity contribution in [3.05, 3.63) is 35.9 Å². The van der Waals surface area contributed by atoms with Crippen LogP contribution in [0, 0.1) is 23.7 Å². The zero-order valence-corrected chi connectivity index (χ0v) is 14.5. The topological polar surface area (TPSA) is 57.6 Å². The number of amides is 1. The molecule has 1 amide bonds. The molecule has 4 heteroatoms. The lowest BCUT2D eigenvalue weighted by molar-refractivity contribution is -0.142. The van der Waals surface area contributed by atoms with Crippen LogP contribution < -0.4 is 0 Å². The number of aliphatic carboxylic acids is 1. The van der Waals surface area contributed by atoms with E-state index in [2.05, 4.69) is 26.0 Å². The first-order chi connectivity index (χ1) is 11.5. The monoisotopic (exact) mass is 329 g/mol. The molecule has 1 unspecified atom stereocenters. The van der Waals surface area contributed by atoms with E-state index >= 15 is 0 Å². The minimum atomic E-state index is -0.745. The summed E-state index contributed by atoms with van der Waals surface area (Å²) in [5.41, 5.74) is 1.19. The summed E-state index contributed by atoms with van der Waals surface area (Å²) in [7, 11) is 0. The van der Waals surface area contributed by atoms with Gasteiger partial charge in [0.05, 0.1) is 5.92 Å². The number of nitrogens with zero attached hydrogens (tertiary/aromatic N) is 1. The smallest absolute Gasteiger partial charge is 0.308 e. The first-order valence-corrected chi connectivity index (χ1v) is 9.03. The highest BCUT2D eigenvalue weighted by Gasteiger charge is 2.46. The molecule has 1 aliphatic carbocycles. The maximum atomic E-state index is 12.8. The van der Waals surface area contributed by atoms with Crippen LogP contribution in [0.25, 0.3) is 0 Å². The summed E-state index contributed by atoms with van der Waals surface area (Å²) in [5, 5.41) is 9.47. The summed E-state index contributed by atoms with van der Waals surface area (Å²) in [4.78, 5) is 26.2. The Bertz CT molecular complexity index is 594. The Morgan fingerprint density at radius 3 is 2.38 bits per heavy atom. The number of hydrogen-bond donors (Lipinski definition) is 1. The van der Waals surface area contributed by atoms with E-state index in [0.717, 1.165) is 12.8 Å². The van der Waals surface area contributed by atoms with Gasteiger partial charge in [-0.2, -0.15) is 0 Å². The third-order valence-electron chi connectivity index (χ3n) is 5.69. The first kappa shape index (κ1) is 17.0. The standard InChI is InChI=1S/C20H27NO3/c1-13(2)16(14-6-4-3-5-7-14)10-19(22)21-11-17(15-8-9-15)18(12-21)20(23)24/h3-7,13,15-18H,8-12H2,1-2H3,(H,23,24)/t16?,17-,18+/m1/s1. The van der Waals surface area contributed by atoms with Crippen LogP contribution in [0.1, 0.15) is 44.6 Å². The molecular formula is C20H27NO3. The summed E-state index contributed by atoms with van der Waals surface area (Å²) < 4.78 is 0. The summed E-state index contributed by atoms with van der Waals surface area (Å²) in [5.74, 6) is 0.197. The molecule has 1 saturated heterocycles. The molecule has 3 atom stereocenters. The number of carboxylic acids is 1. The maximum absolute atomic E-state index is 12.8. The highest BCUT2D eigenvalue weighted by atomic mass is 16.4. The molecule has 4 nitrogen and oxygen atoms in total. The zero-order valence-electron chi connectivity index (χ0n) is 14.5. The van der Waals surface area contributed by atoms with Gasteiger partial charge in [-0.25, -0.2) is 0 Å². The highest BCUT2D eigenvalue weighted by Crippen LogP contribution is 2.44. The van der Waals surface area contributed by atoms with Crippen molar-refractivity contribution in [2.75, 3.05) is 13.1 Å². The lowest BCUT2D eigenvalue weighted by Gasteiger charge is -2.24. The molecule has 0 bridgehead atoms. The van der Waals surface area contributed by atoms with Crippen LogP contribution in [-0.2, 0) is 9.59 Å². The van der Waals surface area contributed by atoms with Crippen molar-refractivity contribution >= 4 is 11.9 Å². The average molecular weight is 329 g/mol. The molecule has 1 heterocycles.